The first-order valence-electron chi connectivity index (χ1n) is 7.54. The molecule has 0 radical (unpaired) electrons. The van der Waals surface area contributed by atoms with Crippen molar-refractivity contribution >= 4 is 41.4 Å². The maximum absolute atomic E-state index is 12.9. The third kappa shape index (κ3) is 3.90. The summed E-state index contributed by atoms with van der Waals surface area (Å²) in [6.07, 6.45) is 2.80. The minimum Gasteiger partial charge on any atom is -0.315 e. The second-order valence-corrected chi connectivity index (χ2v) is 6.84. The molecule has 0 bridgehead atoms. The number of aromatic nitrogens is 2. The molecule has 2 aliphatic rings. The first-order chi connectivity index (χ1) is 11.9. The maximum atomic E-state index is 12.9. The average Bonchev–Trinajstić information content (AvgIpc) is 2.72. The maximum Gasteiger partial charge on any atom is 0.416 e. The lowest BCUT2D eigenvalue weighted by Crippen LogP contribution is -2.10. The van der Waals surface area contributed by atoms with Gasteiger partial charge in [0, 0.05) is 19.2 Å². The number of imidazole rings is 1. The van der Waals surface area contributed by atoms with Crippen molar-refractivity contribution in [2.24, 2.45) is 9.98 Å². The molecule has 4 nitrogen and oxygen atoms in total. The van der Waals surface area contributed by atoms with Crippen LogP contribution >= 0.6 is 23.4 Å². The normalized spacial score (nSPS) is 17.4. The Balaban J connectivity index is 2.04. The number of allylic oxidation sites excluding steroid dienone is 3. The van der Waals surface area contributed by atoms with E-state index in [0.29, 0.717) is 23.7 Å². The van der Waals surface area contributed by atoms with Gasteiger partial charge in [-0.3, -0.25) is 4.99 Å². The molecular weight excluding hydrogens is 373 g/mol. The molecule has 0 spiro atoms. The lowest BCUT2D eigenvalue weighted by atomic mass is 10.2. The quantitative estimate of drug-likeness (QED) is 0.552. The van der Waals surface area contributed by atoms with E-state index in [1.54, 1.807) is 10.8 Å². The number of thioether (sulfide) groups is 1. The summed E-state index contributed by atoms with van der Waals surface area (Å²) in [5.41, 5.74) is 0.675. The summed E-state index contributed by atoms with van der Waals surface area (Å²) in [5, 5.41) is 1.07. The van der Waals surface area contributed by atoms with Crippen LogP contribution in [0, 0.1) is 0 Å². The number of halogens is 4. The van der Waals surface area contributed by atoms with E-state index in [4.69, 9.17) is 11.6 Å². The SMILES string of the molecule is CCSc1c(C2=NC=C(Cl)N=CC2)nc2n1CC=C(C(F)(F)F)C=C2. The summed E-state index contributed by atoms with van der Waals surface area (Å²) in [6, 6.07) is 0. The summed E-state index contributed by atoms with van der Waals surface area (Å²) >= 11 is 7.38. The minimum atomic E-state index is -4.37. The molecule has 1 aromatic rings. The Bertz CT molecular complexity index is 831. The molecule has 0 aliphatic carbocycles. The third-order valence-electron chi connectivity index (χ3n) is 3.56. The van der Waals surface area contributed by atoms with Gasteiger partial charge in [0.1, 0.15) is 21.7 Å². The summed E-state index contributed by atoms with van der Waals surface area (Å²) < 4.78 is 40.6. The van der Waals surface area contributed by atoms with Gasteiger partial charge in [-0.2, -0.15) is 13.2 Å². The van der Waals surface area contributed by atoms with Crippen LogP contribution < -0.4 is 0 Å². The zero-order chi connectivity index (χ0) is 18.0. The largest absolute Gasteiger partial charge is 0.416 e. The average molecular weight is 387 g/mol. The van der Waals surface area contributed by atoms with Gasteiger partial charge < -0.3 is 4.57 Å². The molecule has 9 heteroatoms. The molecule has 0 fully saturated rings. The van der Waals surface area contributed by atoms with Crippen LogP contribution in [-0.2, 0) is 6.54 Å². The number of hydrogen-bond donors (Lipinski definition) is 0. The summed E-state index contributed by atoms with van der Waals surface area (Å²) in [6.45, 7) is 2.08. The number of alkyl halides is 3. The summed E-state index contributed by atoms with van der Waals surface area (Å²) in [7, 11) is 0. The number of hydrogen-bond acceptors (Lipinski definition) is 4. The van der Waals surface area contributed by atoms with Crippen LogP contribution in [0.5, 0.6) is 0 Å². The number of rotatable bonds is 3. The van der Waals surface area contributed by atoms with Crippen LogP contribution in [0.1, 0.15) is 24.9 Å². The topological polar surface area (TPSA) is 42.5 Å². The molecule has 25 heavy (non-hydrogen) atoms. The van der Waals surface area contributed by atoms with Crippen molar-refractivity contribution in [3.63, 3.8) is 0 Å². The Labute approximate surface area is 151 Å². The van der Waals surface area contributed by atoms with Crippen molar-refractivity contribution in [2.45, 2.75) is 31.1 Å². The molecule has 0 saturated heterocycles. The van der Waals surface area contributed by atoms with Gasteiger partial charge in [0.15, 0.2) is 0 Å². The van der Waals surface area contributed by atoms with Gasteiger partial charge in [0.25, 0.3) is 0 Å². The standard InChI is InChI=1S/C16H14ClF3N4S/c1-2-25-15-14(11-5-7-21-12(17)9-22-11)23-13-4-3-10(16(18,19)20)6-8-24(13)15/h3-4,6-7,9H,2,5,8H2,1H3. The molecule has 1 aromatic heterocycles. The molecule has 0 atom stereocenters. The number of aliphatic imine (C=N–C) groups is 2. The highest BCUT2D eigenvalue weighted by Crippen LogP contribution is 2.32. The first-order valence-corrected chi connectivity index (χ1v) is 8.90. The van der Waals surface area contributed by atoms with Gasteiger partial charge in [-0.1, -0.05) is 24.6 Å². The predicted molar refractivity (Wildman–Crippen MR) is 95.4 cm³/mol. The highest BCUT2D eigenvalue weighted by molar-refractivity contribution is 7.99. The van der Waals surface area contributed by atoms with Gasteiger partial charge in [-0.25, -0.2) is 9.98 Å². The Morgan fingerprint density at radius 2 is 2.12 bits per heavy atom. The van der Waals surface area contributed by atoms with Gasteiger partial charge in [0.2, 0.25) is 0 Å². The van der Waals surface area contributed by atoms with E-state index in [9.17, 15) is 13.2 Å². The molecule has 0 unspecified atom stereocenters. The highest BCUT2D eigenvalue weighted by atomic mass is 35.5. The molecule has 0 saturated carbocycles. The molecule has 3 heterocycles. The Morgan fingerprint density at radius 3 is 2.84 bits per heavy atom. The minimum absolute atomic E-state index is 0.102. The summed E-state index contributed by atoms with van der Waals surface area (Å²) in [4.78, 5) is 12.9. The second kappa shape index (κ2) is 7.21. The van der Waals surface area contributed by atoms with E-state index in [2.05, 4.69) is 15.0 Å². The van der Waals surface area contributed by atoms with Crippen molar-refractivity contribution in [2.75, 3.05) is 5.75 Å². The van der Waals surface area contributed by atoms with E-state index < -0.39 is 11.7 Å². The van der Waals surface area contributed by atoms with Crippen molar-refractivity contribution in [3.8, 4) is 0 Å². The third-order valence-corrected chi connectivity index (χ3v) is 4.74. The van der Waals surface area contributed by atoms with Crippen LogP contribution in [0.15, 0.2) is 44.1 Å². The van der Waals surface area contributed by atoms with Gasteiger partial charge in [-0.15, -0.1) is 11.8 Å². The van der Waals surface area contributed by atoms with Gasteiger partial charge in [-0.05, 0) is 17.9 Å². The smallest absolute Gasteiger partial charge is 0.315 e. The molecule has 0 aromatic carbocycles. The molecular formula is C16H14ClF3N4S. The molecule has 3 rings (SSSR count). The van der Waals surface area contributed by atoms with Crippen molar-refractivity contribution in [1.29, 1.82) is 0 Å². The fourth-order valence-electron chi connectivity index (χ4n) is 2.46. The number of fused-ring (bicyclic) bond motifs is 1. The van der Waals surface area contributed by atoms with E-state index in [-0.39, 0.29) is 11.7 Å². The lowest BCUT2D eigenvalue weighted by molar-refractivity contribution is -0.0883. The molecule has 0 N–H and O–H groups in total. The lowest BCUT2D eigenvalue weighted by Gasteiger charge is -2.09. The fourth-order valence-corrected chi connectivity index (χ4v) is 3.47. The Hall–Kier alpha value is -1.80. The Kier molecular flexibility index (Phi) is 5.19. The van der Waals surface area contributed by atoms with Crippen LogP contribution in [-0.4, -0.2) is 33.4 Å². The Morgan fingerprint density at radius 1 is 1.32 bits per heavy atom. The zero-order valence-corrected chi connectivity index (χ0v) is 14.8. The van der Waals surface area contributed by atoms with Crippen molar-refractivity contribution < 1.29 is 13.2 Å². The fraction of sp³-hybridized carbons (Fsp3) is 0.312. The van der Waals surface area contributed by atoms with E-state index in [0.717, 1.165) is 16.9 Å². The van der Waals surface area contributed by atoms with Crippen LogP contribution in [0.25, 0.3) is 6.08 Å². The molecule has 2 aliphatic heterocycles. The van der Waals surface area contributed by atoms with Crippen LogP contribution in [0.2, 0.25) is 0 Å². The van der Waals surface area contributed by atoms with E-state index >= 15 is 0 Å². The zero-order valence-electron chi connectivity index (χ0n) is 13.2. The van der Waals surface area contributed by atoms with Crippen LogP contribution in [0.4, 0.5) is 13.2 Å². The first kappa shape index (κ1) is 18.0. The number of nitrogens with zero attached hydrogens (tertiary/aromatic N) is 4. The monoisotopic (exact) mass is 386 g/mol. The predicted octanol–water partition coefficient (Wildman–Crippen LogP) is 4.81. The van der Waals surface area contributed by atoms with Crippen molar-refractivity contribution in [3.05, 3.63) is 40.6 Å². The molecule has 0 amide bonds. The molecule has 132 valence electrons. The van der Waals surface area contributed by atoms with Crippen LogP contribution in [0.3, 0.4) is 0 Å². The van der Waals surface area contributed by atoms with E-state index in [1.165, 1.54) is 30.1 Å². The van der Waals surface area contributed by atoms with E-state index in [1.807, 2.05) is 6.92 Å². The summed E-state index contributed by atoms with van der Waals surface area (Å²) in [5.74, 6) is 1.23. The second-order valence-electron chi connectivity index (χ2n) is 5.20. The van der Waals surface area contributed by atoms with Gasteiger partial charge >= 0.3 is 6.18 Å². The van der Waals surface area contributed by atoms with Gasteiger partial charge in [0.05, 0.1) is 17.5 Å². The van der Waals surface area contributed by atoms with Crippen molar-refractivity contribution in [1.82, 2.24) is 9.55 Å². The highest BCUT2D eigenvalue weighted by Gasteiger charge is 2.33.